The fourth-order valence-corrected chi connectivity index (χ4v) is 1.75. The molecule has 18 heavy (non-hydrogen) atoms. The normalized spacial score (nSPS) is 10.7. The maximum absolute atomic E-state index is 11.8. The lowest BCUT2D eigenvalue weighted by Gasteiger charge is -2.08. The van der Waals surface area contributed by atoms with Gasteiger partial charge in [0, 0.05) is 7.05 Å². The Balaban J connectivity index is 3.31. The van der Waals surface area contributed by atoms with Crippen molar-refractivity contribution in [2.24, 2.45) is 13.0 Å². The van der Waals surface area contributed by atoms with Crippen molar-refractivity contribution >= 4 is 11.9 Å². The van der Waals surface area contributed by atoms with E-state index in [1.807, 2.05) is 13.8 Å². The number of ether oxygens (including phenoxy) is 1. The minimum atomic E-state index is -1.22. The fraction of sp³-hybridized carbons (Fsp3) is 0.583. The third-order valence-electron chi connectivity index (χ3n) is 2.45. The van der Waals surface area contributed by atoms with E-state index in [2.05, 4.69) is 5.10 Å². The van der Waals surface area contributed by atoms with Gasteiger partial charge in [-0.05, 0) is 19.3 Å². The maximum Gasteiger partial charge on any atom is 0.357 e. The summed E-state index contributed by atoms with van der Waals surface area (Å²) in [7, 11) is 1.63. The number of carbonyl (C=O) groups is 2. The Kier molecular flexibility index (Phi) is 4.47. The molecule has 1 rings (SSSR count). The second kappa shape index (κ2) is 5.66. The highest BCUT2D eigenvalue weighted by molar-refractivity contribution is 6.02. The molecule has 1 N–H and O–H groups in total. The highest BCUT2D eigenvalue weighted by Crippen LogP contribution is 2.19. The number of aryl methyl sites for hydroxylation is 1. The van der Waals surface area contributed by atoms with E-state index in [1.165, 1.54) is 4.68 Å². The van der Waals surface area contributed by atoms with Crippen LogP contribution in [0.1, 0.15) is 47.3 Å². The van der Waals surface area contributed by atoms with E-state index in [9.17, 15) is 9.59 Å². The molecule has 0 bridgehead atoms. The zero-order chi connectivity index (χ0) is 13.9. The van der Waals surface area contributed by atoms with Gasteiger partial charge in [-0.15, -0.1) is 0 Å². The number of carboxylic acids is 1. The van der Waals surface area contributed by atoms with Crippen LogP contribution >= 0.6 is 0 Å². The van der Waals surface area contributed by atoms with Crippen molar-refractivity contribution in [3.8, 4) is 0 Å². The number of rotatable bonds is 5. The van der Waals surface area contributed by atoms with Gasteiger partial charge >= 0.3 is 11.9 Å². The molecule has 0 aliphatic carbocycles. The molecule has 0 aliphatic rings. The van der Waals surface area contributed by atoms with Crippen molar-refractivity contribution in [2.75, 3.05) is 6.61 Å². The zero-order valence-corrected chi connectivity index (χ0v) is 11.1. The van der Waals surface area contributed by atoms with Crippen molar-refractivity contribution in [2.45, 2.75) is 27.2 Å². The maximum atomic E-state index is 11.8. The minimum absolute atomic E-state index is 0.0700. The number of nitrogens with zero attached hydrogens (tertiary/aromatic N) is 2. The Labute approximate surface area is 106 Å². The van der Waals surface area contributed by atoms with Crippen LogP contribution < -0.4 is 0 Å². The molecule has 100 valence electrons. The minimum Gasteiger partial charge on any atom is -0.476 e. The molecular formula is C12H18N2O4. The average molecular weight is 254 g/mol. The number of hydrogen-bond donors (Lipinski definition) is 1. The molecule has 0 saturated heterocycles. The average Bonchev–Trinajstić information content (AvgIpc) is 2.56. The Morgan fingerprint density at radius 2 is 2.06 bits per heavy atom. The number of carboxylic acid groups (broad SMARTS) is 1. The molecule has 6 heteroatoms. The smallest absolute Gasteiger partial charge is 0.357 e. The van der Waals surface area contributed by atoms with Crippen LogP contribution in [0.25, 0.3) is 0 Å². The summed E-state index contributed by atoms with van der Waals surface area (Å²) < 4.78 is 6.34. The van der Waals surface area contributed by atoms with Crippen molar-refractivity contribution in [1.29, 1.82) is 0 Å². The molecular weight excluding hydrogens is 236 g/mol. The van der Waals surface area contributed by atoms with Crippen LogP contribution in [-0.4, -0.2) is 33.4 Å². The van der Waals surface area contributed by atoms with E-state index in [0.29, 0.717) is 12.1 Å². The third-order valence-corrected chi connectivity index (χ3v) is 2.45. The summed E-state index contributed by atoms with van der Waals surface area (Å²) in [6.45, 7) is 5.86. The first-order valence-electron chi connectivity index (χ1n) is 5.84. The predicted octanol–water partition coefficient (Wildman–Crippen LogP) is 1.49. The number of hydrogen-bond acceptors (Lipinski definition) is 4. The summed E-state index contributed by atoms with van der Waals surface area (Å²) in [5, 5.41) is 13.0. The van der Waals surface area contributed by atoms with E-state index >= 15 is 0 Å². The largest absolute Gasteiger partial charge is 0.476 e. The van der Waals surface area contributed by atoms with Crippen molar-refractivity contribution in [3.63, 3.8) is 0 Å². The summed E-state index contributed by atoms with van der Waals surface area (Å²) in [6, 6.07) is 0. The Morgan fingerprint density at radius 3 is 2.50 bits per heavy atom. The van der Waals surface area contributed by atoms with E-state index in [-0.39, 0.29) is 23.8 Å². The van der Waals surface area contributed by atoms with Gasteiger partial charge in [-0.25, -0.2) is 9.59 Å². The zero-order valence-electron chi connectivity index (χ0n) is 11.1. The summed E-state index contributed by atoms with van der Waals surface area (Å²) in [5.74, 6) is -1.56. The number of aromatic nitrogens is 2. The lowest BCUT2D eigenvalue weighted by atomic mass is 10.0. The molecule has 0 aromatic carbocycles. The van der Waals surface area contributed by atoms with Gasteiger partial charge in [-0.1, -0.05) is 13.8 Å². The van der Waals surface area contributed by atoms with Crippen LogP contribution in [0.5, 0.6) is 0 Å². The Bertz CT molecular complexity index is 463. The lowest BCUT2D eigenvalue weighted by Crippen LogP contribution is -2.13. The molecule has 6 nitrogen and oxygen atoms in total. The lowest BCUT2D eigenvalue weighted by molar-refractivity contribution is 0.0512. The number of carbonyl (C=O) groups excluding carboxylic acids is 1. The molecule has 0 saturated carbocycles. The monoisotopic (exact) mass is 254 g/mol. The molecule has 0 amide bonds. The fourth-order valence-electron chi connectivity index (χ4n) is 1.75. The molecule has 1 aromatic rings. The first-order chi connectivity index (χ1) is 8.38. The van der Waals surface area contributed by atoms with Crippen molar-refractivity contribution in [1.82, 2.24) is 9.78 Å². The Hall–Kier alpha value is -1.85. The first-order valence-corrected chi connectivity index (χ1v) is 5.84. The summed E-state index contributed by atoms with van der Waals surface area (Å²) in [5.41, 5.74) is 0.424. The molecule has 0 unspecified atom stereocenters. The Morgan fingerprint density at radius 1 is 1.44 bits per heavy atom. The predicted molar refractivity (Wildman–Crippen MR) is 64.7 cm³/mol. The van der Waals surface area contributed by atoms with Crippen molar-refractivity contribution in [3.05, 3.63) is 17.0 Å². The summed E-state index contributed by atoms with van der Waals surface area (Å²) in [4.78, 5) is 22.9. The van der Waals surface area contributed by atoms with Gasteiger partial charge < -0.3 is 9.84 Å². The summed E-state index contributed by atoms with van der Waals surface area (Å²) in [6.07, 6.45) is 0.574. The van der Waals surface area contributed by atoms with Gasteiger partial charge in [-0.2, -0.15) is 5.10 Å². The van der Waals surface area contributed by atoms with Crippen LogP contribution in [0.4, 0.5) is 0 Å². The number of esters is 1. The van der Waals surface area contributed by atoms with E-state index < -0.39 is 11.9 Å². The van der Waals surface area contributed by atoms with Gasteiger partial charge in [0.1, 0.15) is 5.56 Å². The molecule has 0 radical (unpaired) electrons. The van der Waals surface area contributed by atoms with Crippen LogP contribution in [0.3, 0.4) is 0 Å². The molecule has 0 atom stereocenters. The van der Waals surface area contributed by atoms with Crippen molar-refractivity contribution < 1.29 is 19.4 Å². The standard InChI is InChI=1S/C12H18N2O4/c1-5-18-12(17)9-8(6-7(2)3)14(4)13-10(9)11(15)16/h7H,5-6H2,1-4H3,(H,15,16). The first kappa shape index (κ1) is 14.2. The second-order valence-electron chi connectivity index (χ2n) is 4.42. The second-order valence-corrected chi connectivity index (χ2v) is 4.42. The molecule has 1 aromatic heterocycles. The van der Waals surface area contributed by atoms with Gasteiger partial charge in [0.25, 0.3) is 0 Å². The van der Waals surface area contributed by atoms with Gasteiger partial charge in [0.05, 0.1) is 12.3 Å². The van der Waals surface area contributed by atoms with Crippen LogP contribution in [0.15, 0.2) is 0 Å². The topological polar surface area (TPSA) is 81.4 Å². The van der Waals surface area contributed by atoms with Crippen LogP contribution in [0, 0.1) is 5.92 Å². The van der Waals surface area contributed by atoms with E-state index in [1.54, 1.807) is 14.0 Å². The van der Waals surface area contributed by atoms with E-state index in [0.717, 1.165) is 0 Å². The van der Waals surface area contributed by atoms with E-state index in [4.69, 9.17) is 9.84 Å². The van der Waals surface area contributed by atoms with Gasteiger partial charge in [0.2, 0.25) is 0 Å². The van der Waals surface area contributed by atoms with Gasteiger partial charge in [0.15, 0.2) is 5.69 Å². The molecule has 0 spiro atoms. The molecule has 0 fully saturated rings. The SMILES string of the molecule is CCOC(=O)c1c(C(=O)O)nn(C)c1CC(C)C. The quantitative estimate of drug-likeness (QED) is 0.805. The highest BCUT2D eigenvalue weighted by atomic mass is 16.5. The summed E-state index contributed by atoms with van der Waals surface area (Å²) >= 11 is 0. The number of aromatic carboxylic acids is 1. The molecule has 0 aliphatic heterocycles. The highest BCUT2D eigenvalue weighted by Gasteiger charge is 2.27. The van der Waals surface area contributed by atoms with Gasteiger partial charge in [-0.3, -0.25) is 4.68 Å². The van der Waals surface area contributed by atoms with Crippen LogP contribution in [0.2, 0.25) is 0 Å². The van der Waals surface area contributed by atoms with Crippen LogP contribution in [-0.2, 0) is 18.2 Å². The third kappa shape index (κ3) is 2.88. The molecule has 1 heterocycles.